The van der Waals surface area contributed by atoms with Crippen molar-refractivity contribution in [2.75, 3.05) is 26.2 Å². The first kappa shape index (κ1) is 15.8. The standard InChI is InChI=1S/C20H24N2O/c1-16-6-5-8-18(14-16)15-21-10-12-22(13-11-21)20(23)19-9-4-3-7-17(19)2/h3-9,14H,10-13,15H2,1-2H3. The summed E-state index contributed by atoms with van der Waals surface area (Å²) >= 11 is 0. The zero-order chi connectivity index (χ0) is 16.2. The summed E-state index contributed by atoms with van der Waals surface area (Å²) < 4.78 is 0. The van der Waals surface area contributed by atoms with Crippen LogP contribution in [0.15, 0.2) is 48.5 Å². The van der Waals surface area contributed by atoms with E-state index in [1.807, 2.05) is 36.1 Å². The van der Waals surface area contributed by atoms with E-state index in [0.717, 1.165) is 43.9 Å². The first-order valence-corrected chi connectivity index (χ1v) is 8.26. The van der Waals surface area contributed by atoms with Crippen molar-refractivity contribution in [1.82, 2.24) is 9.80 Å². The van der Waals surface area contributed by atoms with Crippen LogP contribution in [0.3, 0.4) is 0 Å². The number of hydrogen-bond donors (Lipinski definition) is 0. The van der Waals surface area contributed by atoms with Crippen molar-refractivity contribution >= 4 is 5.91 Å². The Hall–Kier alpha value is -2.13. The lowest BCUT2D eigenvalue weighted by atomic mass is 10.1. The molecule has 1 amide bonds. The average Bonchev–Trinajstić information content (AvgIpc) is 2.55. The van der Waals surface area contributed by atoms with Gasteiger partial charge in [-0.1, -0.05) is 48.0 Å². The van der Waals surface area contributed by atoms with Gasteiger partial charge in [-0.3, -0.25) is 9.69 Å². The summed E-state index contributed by atoms with van der Waals surface area (Å²) in [5.74, 6) is 0.165. The molecule has 23 heavy (non-hydrogen) atoms. The van der Waals surface area contributed by atoms with Gasteiger partial charge in [0.05, 0.1) is 0 Å². The van der Waals surface area contributed by atoms with Gasteiger partial charge in [-0.2, -0.15) is 0 Å². The predicted molar refractivity (Wildman–Crippen MR) is 93.5 cm³/mol. The fourth-order valence-electron chi connectivity index (χ4n) is 3.16. The number of aryl methyl sites for hydroxylation is 2. The minimum Gasteiger partial charge on any atom is -0.336 e. The van der Waals surface area contributed by atoms with Crippen LogP contribution >= 0.6 is 0 Å². The van der Waals surface area contributed by atoms with Crippen LogP contribution in [0, 0.1) is 13.8 Å². The first-order valence-electron chi connectivity index (χ1n) is 8.26. The lowest BCUT2D eigenvalue weighted by Crippen LogP contribution is -2.48. The van der Waals surface area contributed by atoms with Crippen molar-refractivity contribution in [3.8, 4) is 0 Å². The molecule has 1 heterocycles. The molecule has 0 atom stereocenters. The van der Waals surface area contributed by atoms with Crippen molar-refractivity contribution in [3.05, 3.63) is 70.8 Å². The minimum atomic E-state index is 0.165. The van der Waals surface area contributed by atoms with Crippen molar-refractivity contribution in [2.45, 2.75) is 20.4 Å². The van der Waals surface area contributed by atoms with Gasteiger partial charge in [-0.15, -0.1) is 0 Å². The smallest absolute Gasteiger partial charge is 0.254 e. The van der Waals surface area contributed by atoms with Gasteiger partial charge in [0.1, 0.15) is 0 Å². The molecule has 0 spiro atoms. The highest BCUT2D eigenvalue weighted by atomic mass is 16.2. The molecule has 1 aliphatic heterocycles. The molecule has 3 heteroatoms. The molecule has 1 saturated heterocycles. The van der Waals surface area contributed by atoms with Gasteiger partial charge in [0.15, 0.2) is 0 Å². The summed E-state index contributed by atoms with van der Waals surface area (Å²) in [7, 11) is 0. The van der Waals surface area contributed by atoms with Crippen LogP contribution in [0.2, 0.25) is 0 Å². The number of hydrogen-bond acceptors (Lipinski definition) is 2. The normalized spacial score (nSPS) is 15.7. The molecule has 0 unspecified atom stereocenters. The fraction of sp³-hybridized carbons (Fsp3) is 0.350. The Morgan fingerprint density at radius 2 is 1.70 bits per heavy atom. The highest BCUT2D eigenvalue weighted by Gasteiger charge is 2.22. The van der Waals surface area contributed by atoms with Crippen molar-refractivity contribution in [2.24, 2.45) is 0 Å². The van der Waals surface area contributed by atoms with E-state index in [9.17, 15) is 4.79 Å². The van der Waals surface area contributed by atoms with Gasteiger partial charge in [0.25, 0.3) is 5.91 Å². The van der Waals surface area contributed by atoms with Crippen molar-refractivity contribution in [3.63, 3.8) is 0 Å². The number of benzene rings is 2. The summed E-state index contributed by atoms with van der Waals surface area (Å²) in [5.41, 5.74) is 4.54. The molecule has 0 aliphatic carbocycles. The number of rotatable bonds is 3. The molecule has 2 aromatic carbocycles. The first-order chi connectivity index (χ1) is 11.1. The summed E-state index contributed by atoms with van der Waals surface area (Å²) in [6.07, 6.45) is 0. The Balaban J connectivity index is 1.58. The number of amides is 1. The third kappa shape index (κ3) is 3.80. The average molecular weight is 308 g/mol. The van der Waals surface area contributed by atoms with Crippen LogP contribution in [0.1, 0.15) is 27.0 Å². The number of nitrogens with zero attached hydrogens (tertiary/aromatic N) is 2. The Morgan fingerprint density at radius 3 is 2.39 bits per heavy atom. The van der Waals surface area contributed by atoms with Gasteiger partial charge >= 0.3 is 0 Å². The van der Waals surface area contributed by atoms with E-state index in [1.54, 1.807) is 0 Å². The Bertz CT molecular complexity index is 688. The fourth-order valence-corrected chi connectivity index (χ4v) is 3.16. The van der Waals surface area contributed by atoms with E-state index in [-0.39, 0.29) is 5.91 Å². The van der Waals surface area contributed by atoms with E-state index < -0.39 is 0 Å². The molecular formula is C20H24N2O. The molecule has 0 N–H and O–H groups in total. The molecular weight excluding hydrogens is 284 g/mol. The van der Waals surface area contributed by atoms with E-state index in [0.29, 0.717) is 0 Å². The predicted octanol–water partition coefficient (Wildman–Crippen LogP) is 3.26. The third-order valence-electron chi connectivity index (χ3n) is 4.52. The van der Waals surface area contributed by atoms with Crippen molar-refractivity contribution in [1.29, 1.82) is 0 Å². The third-order valence-corrected chi connectivity index (χ3v) is 4.52. The molecule has 0 radical (unpaired) electrons. The Morgan fingerprint density at radius 1 is 0.957 bits per heavy atom. The highest BCUT2D eigenvalue weighted by molar-refractivity contribution is 5.95. The number of carbonyl (C=O) groups is 1. The molecule has 1 fully saturated rings. The quantitative estimate of drug-likeness (QED) is 0.869. The van der Waals surface area contributed by atoms with E-state index >= 15 is 0 Å². The Labute approximate surface area is 138 Å². The summed E-state index contributed by atoms with van der Waals surface area (Å²) in [4.78, 5) is 17.0. The maximum Gasteiger partial charge on any atom is 0.254 e. The summed E-state index contributed by atoms with van der Waals surface area (Å²) in [6.45, 7) is 8.58. The monoisotopic (exact) mass is 308 g/mol. The molecule has 0 bridgehead atoms. The number of piperazine rings is 1. The SMILES string of the molecule is Cc1cccc(CN2CCN(C(=O)c3ccccc3C)CC2)c1. The second kappa shape index (κ2) is 6.97. The van der Waals surface area contributed by atoms with Crippen LogP contribution in [-0.4, -0.2) is 41.9 Å². The second-order valence-corrected chi connectivity index (χ2v) is 6.37. The van der Waals surface area contributed by atoms with Crippen LogP contribution < -0.4 is 0 Å². The van der Waals surface area contributed by atoms with Gasteiger partial charge < -0.3 is 4.90 Å². The maximum atomic E-state index is 12.6. The maximum absolute atomic E-state index is 12.6. The van der Waals surface area contributed by atoms with Crippen LogP contribution in [0.25, 0.3) is 0 Å². The lowest BCUT2D eigenvalue weighted by Gasteiger charge is -2.35. The van der Waals surface area contributed by atoms with E-state index in [1.165, 1.54) is 11.1 Å². The van der Waals surface area contributed by atoms with Gasteiger partial charge in [0, 0.05) is 38.3 Å². The van der Waals surface area contributed by atoms with Crippen LogP contribution in [0.5, 0.6) is 0 Å². The minimum absolute atomic E-state index is 0.165. The van der Waals surface area contributed by atoms with Crippen LogP contribution in [0.4, 0.5) is 0 Å². The molecule has 0 saturated carbocycles. The van der Waals surface area contributed by atoms with Crippen LogP contribution in [-0.2, 0) is 6.54 Å². The molecule has 2 aromatic rings. The Kier molecular flexibility index (Phi) is 4.77. The van der Waals surface area contributed by atoms with Gasteiger partial charge in [0.2, 0.25) is 0 Å². The van der Waals surface area contributed by atoms with E-state index in [4.69, 9.17) is 0 Å². The topological polar surface area (TPSA) is 23.6 Å². The largest absolute Gasteiger partial charge is 0.336 e. The zero-order valence-electron chi connectivity index (χ0n) is 14.0. The molecule has 1 aliphatic rings. The zero-order valence-corrected chi connectivity index (χ0v) is 14.0. The van der Waals surface area contributed by atoms with Crippen molar-refractivity contribution < 1.29 is 4.79 Å². The summed E-state index contributed by atoms with van der Waals surface area (Å²) in [5, 5.41) is 0. The summed E-state index contributed by atoms with van der Waals surface area (Å²) in [6, 6.07) is 16.5. The lowest BCUT2D eigenvalue weighted by molar-refractivity contribution is 0.0628. The van der Waals surface area contributed by atoms with Gasteiger partial charge in [-0.25, -0.2) is 0 Å². The molecule has 3 rings (SSSR count). The molecule has 0 aromatic heterocycles. The number of carbonyl (C=O) groups excluding carboxylic acids is 1. The van der Waals surface area contributed by atoms with Gasteiger partial charge in [-0.05, 0) is 31.0 Å². The second-order valence-electron chi connectivity index (χ2n) is 6.37. The molecule has 3 nitrogen and oxygen atoms in total. The molecule has 120 valence electrons. The highest BCUT2D eigenvalue weighted by Crippen LogP contribution is 2.14. The van der Waals surface area contributed by atoms with E-state index in [2.05, 4.69) is 36.1 Å².